The third-order valence-corrected chi connectivity index (χ3v) is 3.74. The van der Waals surface area contributed by atoms with Gasteiger partial charge in [-0.2, -0.15) is 0 Å². The van der Waals surface area contributed by atoms with Crippen molar-refractivity contribution in [2.75, 3.05) is 29.9 Å². The molecule has 1 fully saturated rings. The molecule has 2 aromatic carbocycles. The van der Waals surface area contributed by atoms with Crippen molar-refractivity contribution in [3.8, 4) is 5.75 Å². The van der Waals surface area contributed by atoms with Gasteiger partial charge in [-0.25, -0.2) is 0 Å². The number of amides is 1. The van der Waals surface area contributed by atoms with E-state index < -0.39 is 0 Å². The summed E-state index contributed by atoms with van der Waals surface area (Å²) < 4.78 is 5.48. The van der Waals surface area contributed by atoms with Crippen LogP contribution in [0.25, 0.3) is 0 Å². The number of benzene rings is 2. The Morgan fingerprint density at radius 2 is 1.68 bits per heavy atom. The van der Waals surface area contributed by atoms with Gasteiger partial charge in [0.15, 0.2) is 6.61 Å². The van der Waals surface area contributed by atoms with E-state index in [1.807, 2.05) is 48.5 Å². The predicted octanol–water partition coefficient (Wildman–Crippen LogP) is 3.30. The van der Waals surface area contributed by atoms with E-state index in [9.17, 15) is 4.79 Å². The third-order valence-electron chi connectivity index (χ3n) is 3.74. The standard InChI is InChI=1S/C18H20N2O2/c21-18(14-22-15-8-2-1-3-9-15)19-16-10-4-5-11-17(16)20-12-6-7-13-20/h1-5,8-11H,6-7,12-14H2,(H,19,21). The molecule has 0 atom stereocenters. The molecule has 22 heavy (non-hydrogen) atoms. The van der Waals surface area contributed by atoms with E-state index in [2.05, 4.69) is 16.3 Å². The van der Waals surface area contributed by atoms with Crippen molar-refractivity contribution in [1.29, 1.82) is 0 Å². The molecule has 1 amide bonds. The molecule has 0 saturated carbocycles. The Bertz CT molecular complexity index is 622. The molecule has 4 nitrogen and oxygen atoms in total. The van der Waals surface area contributed by atoms with Crippen molar-refractivity contribution in [1.82, 2.24) is 0 Å². The van der Waals surface area contributed by atoms with Gasteiger partial charge >= 0.3 is 0 Å². The fourth-order valence-electron chi connectivity index (χ4n) is 2.67. The normalized spacial score (nSPS) is 13.9. The van der Waals surface area contributed by atoms with Crippen LogP contribution in [0.5, 0.6) is 5.75 Å². The summed E-state index contributed by atoms with van der Waals surface area (Å²) in [4.78, 5) is 14.4. The Kier molecular flexibility index (Phi) is 4.59. The number of nitrogens with one attached hydrogen (secondary N) is 1. The van der Waals surface area contributed by atoms with E-state index in [0.29, 0.717) is 5.75 Å². The van der Waals surface area contributed by atoms with Crippen LogP contribution in [0.15, 0.2) is 54.6 Å². The number of carbonyl (C=O) groups excluding carboxylic acids is 1. The molecular weight excluding hydrogens is 276 g/mol. The molecule has 4 heteroatoms. The molecular formula is C18H20N2O2. The Morgan fingerprint density at radius 1 is 1.00 bits per heavy atom. The van der Waals surface area contributed by atoms with E-state index in [4.69, 9.17) is 4.74 Å². The SMILES string of the molecule is O=C(COc1ccccc1)Nc1ccccc1N1CCCC1. The fraction of sp³-hybridized carbons (Fsp3) is 0.278. The van der Waals surface area contributed by atoms with Crippen molar-refractivity contribution in [3.63, 3.8) is 0 Å². The van der Waals surface area contributed by atoms with E-state index in [-0.39, 0.29) is 12.5 Å². The van der Waals surface area contributed by atoms with Crippen LogP contribution in [-0.4, -0.2) is 25.6 Å². The van der Waals surface area contributed by atoms with Crippen LogP contribution in [0.4, 0.5) is 11.4 Å². The molecule has 1 N–H and O–H groups in total. The molecule has 0 bridgehead atoms. The van der Waals surface area contributed by atoms with Crippen LogP contribution >= 0.6 is 0 Å². The van der Waals surface area contributed by atoms with Gasteiger partial charge in [0.1, 0.15) is 5.75 Å². The topological polar surface area (TPSA) is 41.6 Å². The lowest BCUT2D eigenvalue weighted by molar-refractivity contribution is -0.118. The zero-order valence-corrected chi connectivity index (χ0v) is 12.5. The first-order chi connectivity index (χ1) is 10.8. The van der Waals surface area contributed by atoms with Crippen LogP contribution in [-0.2, 0) is 4.79 Å². The van der Waals surface area contributed by atoms with Crippen molar-refractivity contribution in [2.45, 2.75) is 12.8 Å². The number of anilines is 2. The zero-order valence-electron chi connectivity index (χ0n) is 12.5. The highest BCUT2D eigenvalue weighted by Gasteiger charge is 2.16. The smallest absolute Gasteiger partial charge is 0.262 e. The number of ether oxygens (including phenoxy) is 1. The lowest BCUT2D eigenvalue weighted by atomic mass is 10.2. The summed E-state index contributed by atoms with van der Waals surface area (Å²) in [5.74, 6) is 0.556. The van der Waals surface area contributed by atoms with Gasteiger partial charge in [-0.1, -0.05) is 30.3 Å². The minimum absolute atomic E-state index is 0.0122. The van der Waals surface area contributed by atoms with Crippen molar-refractivity contribution < 1.29 is 9.53 Å². The summed E-state index contributed by atoms with van der Waals surface area (Å²) in [5.41, 5.74) is 1.94. The first kappa shape index (κ1) is 14.4. The van der Waals surface area contributed by atoms with Crippen LogP contribution in [0.1, 0.15) is 12.8 Å². The largest absolute Gasteiger partial charge is 0.484 e. The van der Waals surface area contributed by atoms with Gasteiger partial charge in [-0.3, -0.25) is 4.79 Å². The Balaban J connectivity index is 1.61. The molecule has 0 aliphatic carbocycles. The third kappa shape index (κ3) is 3.58. The lowest BCUT2D eigenvalue weighted by Crippen LogP contribution is -2.24. The maximum absolute atomic E-state index is 12.1. The first-order valence-electron chi connectivity index (χ1n) is 7.64. The summed E-state index contributed by atoms with van der Waals surface area (Å²) in [6.45, 7) is 2.11. The van der Waals surface area contributed by atoms with E-state index in [0.717, 1.165) is 24.5 Å². The van der Waals surface area contributed by atoms with Crippen LogP contribution in [0.3, 0.4) is 0 Å². The summed E-state index contributed by atoms with van der Waals surface area (Å²) in [6.07, 6.45) is 2.42. The number of carbonyl (C=O) groups is 1. The second-order valence-electron chi connectivity index (χ2n) is 5.36. The van der Waals surface area contributed by atoms with Crippen LogP contribution in [0, 0.1) is 0 Å². The average molecular weight is 296 g/mol. The molecule has 114 valence electrons. The Hall–Kier alpha value is -2.49. The number of para-hydroxylation sites is 3. The lowest BCUT2D eigenvalue weighted by Gasteiger charge is -2.21. The molecule has 1 aliphatic rings. The molecule has 0 spiro atoms. The second kappa shape index (κ2) is 6.98. The minimum atomic E-state index is -0.143. The van der Waals surface area contributed by atoms with E-state index >= 15 is 0 Å². The summed E-state index contributed by atoms with van der Waals surface area (Å²) in [6, 6.07) is 17.3. The van der Waals surface area contributed by atoms with Crippen molar-refractivity contribution in [3.05, 3.63) is 54.6 Å². The quantitative estimate of drug-likeness (QED) is 0.920. The van der Waals surface area contributed by atoms with E-state index in [1.54, 1.807) is 0 Å². The molecule has 1 heterocycles. The van der Waals surface area contributed by atoms with Crippen molar-refractivity contribution >= 4 is 17.3 Å². The van der Waals surface area contributed by atoms with Gasteiger partial charge in [-0.15, -0.1) is 0 Å². The highest BCUT2D eigenvalue weighted by molar-refractivity contribution is 5.95. The maximum Gasteiger partial charge on any atom is 0.262 e. The van der Waals surface area contributed by atoms with Crippen LogP contribution in [0.2, 0.25) is 0 Å². The minimum Gasteiger partial charge on any atom is -0.484 e. The number of hydrogen-bond donors (Lipinski definition) is 1. The highest BCUT2D eigenvalue weighted by Crippen LogP contribution is 2.28. The van der Waals surface area contributed by atoms with Crippen LogP contribution < -0.4 is 15.0 Å². The second-order valence-corrected chi connectivity index (χ2v) is 5.36. The molecule has 3 rings (SSSR count). The predicted molar refractivity (Wildman–Crippen MR) is 88.5 cm³/mol. The molecule has 0 aromatic heterocycles. The van der Waals surface area contributed by atoms with Gasteiger partial charge in [0.2, 0.25) is 0 Å². The summed E-state index contributed by atoms with van der Waals surface area (Å²) in [5, 5.41) is 2.95. The first-order valence-corrected chi connectivity index (χ1v) is 7.64. The monoisotopic (exact) mass is 296 g/mol. The highest BCUT2D eigenvalue weighted by atomic mass is 16.5. The summed E-state index contributed by atoms with van der Waals surface area (Å²) >= 11 is 0. The van der Waals surface area contributed by atoms with Crippen molar-refractivity contribution in [2.24, 2.45) is 0 Å². The molecule has 1 saturated heterocycles. The summed E-state index contributed by atoms with van der Waals surface area (Å²) in [7, 11) is 0. The molecule has 0 unspecified atom stereocenters. The van der Waals surface area contributed by atoms with E-state index in [1.165, 1.54) is 12.8 Å². The Morgan fingerprint density at radius 3 is 2.45 bits per heavy atom. The Labute approximate surface area is 130 Å². The van der Waals surface area contributed by atoms with Gasteiger partial charge in [0.05, 0.1) is 11.4 Å². The van der Waals surface area contributed by atoms with Gasteiger partial charge in [-0.05, 0) is 37.1 Å². The van der Waals surface area contributed by atoms with Gasteiger partial charge < -0.3 is 15.0 Å². The molecule has 2 aromatic rings. The fourth-order valence-corrected chi connectivity index (χ4v) is 2.67. The molecule has 1 aliphatic heterocycles. The van der Waals surface area contributed by atoms with Gasteiger partial charge in [0, 0.05) is 13.1 Å². The zero-order chi connectivity index (χ0) is 15.2. The number of hydrogen-bond acceptors (Lipinski definition) is 3. The average Bonchev–Trinajstić information content (AvgIpc) is 3.09. The number of rotatable bonds is 5. The maximum atomic E-state index is 12.1. The van der Waals surface area contributed by atoms with Gasteiger partial charge in [0.25, 0.3) is 5.91 Å². The number of nitrogens with zero attached hydrogens (tertiary/aromatic N) is 1. The molecule has 0 radical (unpaired) electrons.